The molecule has 0 fully saturated rings. The first-order valence-corrected chi connectivity index (χ1v) is 7.43. The lowest BCUT2D eigenvalue weighted by Gasteiger charge is -2.15. The van der Waals surface area contributed by atoms with E-state index >= 15 is 0 Å². The van der Waals surface area contributed by atoms with E-state index < -0.39 is 5.97 Å². The second-order valence-corrected chi connectivity index (χ2v) is 4.60. The Morgan fingerprint density at radius 2 is 1.90 bits per heavy atom. The minimum absolute atomic E-state index is 0.0137. The van der Waals surface area contributed by atoms with Crippen LogP contribution in [0.15, 0.2) is 24.3 Å². The van der Waals surface area contributed by atoms with Gasteiger partial charge in [-0.3, -0.25) is 4.79 Å². The minimum atomic E-state index is -0.831. The summed E-state index contributed by atoms with van der Waals surface area (Å²) in [5.41, 5.74) is 1.91. The molecule has 0 unspecified atom stereocenters. The highest BCUT2D eigenvalue weighted by atomic mass is 16.5. The summed E-state index contributed by atoms with van der Waals surface area (Å²) in [7, 11) is 0. The van der Waals surface area contributed by atoms with Crippen molar-refractivity contribution in [3.63, 3.8) is 0 Å². The molecule has 1 aromatic rings. The van der Waals surface area contributed by atoms with Crippen LogP contribution in [0.25, 0.3) is 5.57 Å². The molecule has 1 aromatic carbocycles. The van der Waals surface area contributed by atoms with Crippen molar-refractivity contribution in [3.8, 4) is 11.5 Å². The van der Waals surface area contributed by atoms with Gasteiger partial charge in [0.05, 0.1) is 19.6 Å². The van der Waals surface area contributed by atoms with E-state index in [0.29, 0.717) is 13.2 Å². The molecule has 1 N–H and O–H groups in total. The van der Waals surface area contributed by atoms with Crippen LogP contribution >= 0.6 is 0 Å². The van der Waals surface area contributed by atoms with Gasteiger partial charge in [0, 0.05) is 5.56 Å². The van der Waals surface area contributed by atoms with Crippen molar-refractivity contribution in [2.75, 3.05) is 13.2 Å². The fourth-order valence-electron chi connectivity index (χ4n) is 2.12. The van der Waals surface area contributed by atoms with E-state index in [0.717, 1.165) is 35.5 Å². The lowest BCUT2D eigenvalue weighted by atomic mass is 9.99. The third kappa shape index (κ3) is 5.50. The van der Waals surface area contributed by atoms with Gasteiger partial charge in [0.2, 0.25) is 0 Å². The average Bonchev–Trinajstić information content (AvgIpc) is 2.45. The lowest BCUT2D eigenvalue weighted by molar-refractivity contribution is -0.135. The van der Waals surface area contributed by atoms with E-state index in [1.54, 1.807) is 6.08 Å². The number of allylic oxidation sites excluding steroid dienone is 1. The fourth-order valence-corrected chi connectivity index (χ4v) is 2.12. The maximum absolute atomic E-state index is 10.8. The number of hydrogen-bond donors (Lipinski definition) is 1. The summed E-state index contributed by atoms with van der Waals surface area (Å²) >= 11 is 0. The number of carbonyl (C=O) groups is 1. The van der Waals surface area contributed by atoms with E-state index in [2.05, 4.69) is 6.92 Å². The van der Waals surface area contributed by atoms with Gasteiger partial charge >= 0.3 is 5.97 Å². The van der Waals surface area contributed by atoms with Crippen LogP contribution in [-0.2, 0) is 4.79 Å². The standard InChI is InChI=1S/C17H24O4/c1-4-7-13(8-11-17(18)19)15-12-14(20-5-2)9-10-16(15)21-6-3/h8-10,12H,4-7,11H2,1-3H3,(H,18,19)/b13-8+. The van der Waals surface area contributed by atoms with Gasteiger partial charge in [-0.15, -0.1) is 0 Å². The van der Waals surface area contributed by atoms with E-state index in [1.807, 2.05) is 32.0 Å². The van der Waals surface area contributed by atoms with Crippen LogP contribution in [0.4, 0.5) is 0 Å². The summed E-state index contributed by atoms with van der Waals surface area (Å²) < 4.78 is 11.2. The maximum Gasteiger partial charge on any atom is 0.307 e. The Hall–Kier alpha value is -1.97. The molecule has 0 amide bonds. The van der Waals surface area contributed by atoms with Crippen LogP contribution < -0.4 is 9.47 Å². The van der Waals surface area contributed by atoms with E-state index in [1.165, 1.54) is 0 Å². The molecule has 4 nitrogen and oxygen atoms in total. The number of aliphatic carboxylic acids is 1. The lowest BCUT2D eigenvalue weighted by Crippen LogP contribution is -2.00. The largest absolute Gasteiger partial charge is 0.494 e. The number of hydrogen-bond acceptors (Lipinski definition) is 3. The van der Waals surface area contributed by atoms with Gasteiger partial charge in [-0.1, -0.05) is 19.4 Å². The summed E-state index contributed by atoms with van der Waals surface area (Å²) in [6.45, 7) is 7.10. The molecule has 0 spiro atoms. The van der Waals surface area contributed by atoms with E-state index in [4.69, 9.17) is 14.6 Å². The number of rotatable bonds is 9. The first kappa shape index (κ1) is 17.1. The zero-order chi connectivity index (χ0) is 15.7. The summed E-state index contributed by atoms with van der Waals surface area (Å²) in [5.74, 6) is 0.710. The van der Waals surface area contributed by atoms with Gasteiger partial charge in [-0.05, 0) is 44.0 Å². The van der Waals surface area contributed by atoms with Gasteiger partial charge in [0.25, 0.3) is 0 Å². The molecule has 0 saturated heterocycles. The molecule has 0 bridgehead atoms. The first-order chi connectivity index (χ1) is 10.1. The van der Waals surface area contributed by atoms with Crippen molar-refractivity contribution in [2.24, 2.45) is 0 Å². The van der Waals surface area contributed by atoms with Crippen LogP contribution in [0.3, 0.4) is 0 Å². The van der Waals surface area contributed by atoms with E-state index in [9.17, 15) is 4.79 Å². The molecule has 4 heteroatoms. The first-order valence-electron chi connectivity index (χ1n) is 7.43. The second kappa shape index (κ2) is 9.06. The maximum atomic E-state index is 10.8. The van der Waals surface area contributed by atoms with Crippen LogP contribution in [0, 0.1) is 0 Å². The van der Waals surface area contributed by atoms with Crippen molar-refractivity contribution in [1.82, 2.24) is 0 Å². The number of ether oxygens (including phenoxy) is 2. The van der Waals surface area contributed by atoms with Crippen molar-refractivity contribution in [3.05, 3.63) is 29.8 Å². The zero-order valence-electron chi connectivity index (χ0n) is 13.0. The van der Waals surface area contributed by atoms with Crippen molar-refractivity contribution in [1.29, 1.82) is 0 Å². The van der Waals surface area contributed by atoms with Crippen LogP contribution in [-0.4, -0.2) is 24.3 Å². The summed E-state index contributed by atoms with van der Waals surface area (Å²) in [4.78, 5) is 10.8. The van der Waals surface area contributed by atoms with Crippen LogP contribution in [0.2, 0.25) is 0 Å². The Balaban J connectivity index is 3.20. The van der Waals surface area contributed by atoms with Crippen LogP contribution in [0.1, 0.15) is 45.6 Å². The zero-order valence-corrected chi connectivity index (χ0v) is 13.0. The predicted molar refractivity (Wildman–Crippen MR) is 83.9 cm³/mol. The molecule has 0 atom stereocenters. The van der Waals surface area contributed by atoms with Crippen molar-refractivity contribution >= 4 is 11.5 Å². The number of carboxylic acid groups (broad SMARTS) is 1. The van der Waals surface area contributed by atoms with Gasteiger partial charge in [0.15, 0.2) is 0 Å². The summed E-state index contributed by atoms with van der Waals surface area (Å²) in [5, 5.41) is 8.89. The number of carboxylic acids is 1. The molecule has 0 aliphatic carbocycles. The summed E-state index contributed by atoms with van der Waals surface area (Å²) in [6.07, 6.45) is 3.53. The van der Waals surface area contributed by atoms with Gasteiger partial charge in [-0.2, -0.15) is 0 Å². The molecular formula is C17H24O4. The fraction of sp³-hybridized carbons (Fsp3) is 0.471. The van der Waals surface area contributed by atoms with Crippen molar-refractivity contribution in [2.45, 2.75) is 40.0 Å². The van der Waals surface area contributed by atoms with Gasteiger partial charge in [-0.25, -0.2) is 0 Å². The highest BCUT2D eigenvalue weighted by Crippen LogP contribution is 2.33. The molecule has 116 valence electrons. The minimum Gasteiger partial charge on any atom is -0.494 e. The highest BCUT2D eigenvalue weighted by molar-refractivity contribution is 5.76. The number of benzene rings is 1. The molecule has 0 radical (unpaired) electrons. The molecule has 0 aliphatic heterocycles. The molecule has 0 saturated carbocycles. The normalized spacial score (nSPS) is 11.3. The molecule has 1 rings (SSSR count). The Labute approximate surface area is 126 Å². The monoisotopic (exact) mass is 292 g/mol. The highest BCUT2D eigenvalue weighted by Gasteiger charge is 2.11. The Morgan fingerprint density at radius 1 is 1.19 bits per heavy atom. The SMILES string of the molecule is CCC/C(=C\CC(=O)O)c1cc(OCC)ccc1OCC. The Morgan fingerprint density at radius 3 is 2.48 bits per heavy atom. The Bertz CT molecular complexity index is 492. The molecule has 0 aliphatic rings. The third-order valence-electron chi connectivity index (χ3n) is 2.95. The molecular weight excluding hydrogens is 268 g/mol. The topological polar surface area (TPSA) is 55.8 Å². The molecule has 21 heavy (non-hydrogen) atoms. The van der Waals surface area contributed by atoms with Crippen molar-refractivity contribution < 1.29 is 19.4 Å². The van der Waals surface area contributed by atoms with Gasteiger partial charge < -0.3 is 14.6 Å². The van der Waals surface area contributed by atoms with Crippen LogP contribution in [0.5, 0.6) is 11.5 Å². The third-order valence-corrected chi connectivity index (χ3v) is 2.95. The Kier molecular flexibility index (Phi) is 7.37. The molecule has 0 heterocycles. The molecule has 0 aromatic heterocycles. The van der Waals surface area contributed by atoms with E-state index in [-0.39, 0.29) is 6.42 Å². The summed E-state index contributed by atoms with van der Waals surface area (Å²) in [6, 6.07) is 5.69. The predicted octanol–water partition coefficient (Wildman–Crippen LogP) is 4.14. The average molecular weight is 292 g/mol. The quantitative estimate of drug-likeness (QED) is 0.743. The second-order valence-electron chi connectivity index (χ2n) is 4.60. The smallest absolute Gasteiger partial charge is 0.307 e. The van der Waals surface area contributed by atoms with Gasteiger partial charge in [0.1, 0.15) is 11.5 Å².